The van der Waals surface area contributed by atoms with Gasteiger partial charge < -0.3 is 67.8 Å². The number of carbonyl (C=O) groups is 2. The highest BCUT2D eigenvalue weighted by Crippen LogP contribution is 2.39. The topological polar surface area (TPSA) is 209 Å². The summed E-state index contributed by atoms with van der Waals surface area (Å²) in [6.07, 6.45) is 25.6. The number of benzene rings is 3. The molecule has 8 heterocycles. The molecule has 100 heavy (non-hydrogen) atoms. The summed E-state index contributed by atoms with van der Waals surface area (Å²) in [6.45, 7) is 14.5. The molecule has 6 fully saturated rings. The maximum Gasteiger partial charge on any atom is 0.328 e. The summed E-state index contributed by atoms with van der Waals surface area (Å²) < 4.78 is 36.1. The molecule has 0 unspecified atom stereocenters. The zero-order valence-corrected chi connectivity index (χ0v) is 61.8. The second kappa shape index (κ2) is 37.5. The lowest BCUT2D eigenvalue weighted by Crippen LogP contribution is -2.35. The van der Waals surface area contributed by atoms with Gasteiger partial charge in [0, 0.05) is 70.8 Å². The molecule has 3 saturated carbocycles. The minimum atomic E-state index is -1.26. The monoisotopic (exact) mass is 1410 g/mol. The third kappa shape index (κ3) is 23.2. The summed E-state index contributed by atoms with van der Waals surface area (Å²) in [7, 11) is 12.5. The van der Waals surface area contributed by atoms with Crippen molar-refractivity contribution in [3.8, 4) is 17.2 Å². The van der Waals surface area contributed by atoms with Crippen molar-refractivity contribution in [3.05, 3.63) is 127 Å². The SMILES string of the molecule is CN(C)Cc1c(OCC2CC2)ccc2c(CCC3CCN(CCc4cccs4)CC3)noc12.CN(C)Cc1c(OCC2CC2)ccc2c(CCC3CCN(CCc4cccs4)CC3)noc12.CN(C)Cc1c(OCC2CC2)ccc2c(CCC3CCNCC3)noc12.O=C(O)/C=C/C(=O)O. The van der Waals surface area contributed by atoms with E-state index in [1.54, 1.807) is 0 Å². The van der Waals surface area contributed by atoms with E-state index in [-0.39, 0.29) is 0 Å². The normalized spacial score (nSPS) is 17.4. The average molecular weight is 1410 g/mol. The zero-order valence-electron chi connectivity index (χ0n) is 60.1. The smallest absolute Gasteiger partial charge is 0.328 e. The lowest BCUT2D eigenvalue weighted by atomic mass is 9.91. The number of ether oxygens (including phenoxy) is 3. The van der Waals surface area contributed by atoms with Crippen molar-refractivity contribution in [2.24, 2.45) is 35.5 Å². The van der Waals surface area contributed by atoms with Gasteiger partial charge in [0.05, 0.1) is 53.6 Å². The molecule has 3 N–H and O–H groups in total. The van der Waals surface area contributed by atoms with Crippen molar-refractivity contribution in [2.45, 2.75) is 148 Å². The molecule has 21 heteroatoms. The third-order valence-electron chi connectivity index (χ3n) is 20.4. The maximum atomic E-state index is 9.55. The van der Waals surface area contributed by atoms with E-state index in [0.29, 0.717) is 12.2 Å². The minimum absolute atomic E-state index is 0.558. The molecule has 0 atom stereocenters. The van der Waals surface area contributed by atoms with Crippen molar-refractivity contribution in [2.75, 3.05) is 114 Å². The molecule has 6 aliphatic rings. The number of hydrogen-bond donors (Lipinski definition) is 3. The number of carboxylic acids is 2. The van der Waals surface area contributed by atoms with Crippen LogP contribution in [0.3, 0.4) is 0 Å². The fourth-order valence-corrected chi connectivity index (χ4v) is 15.3. The number of piperidine rings is 3. The molecular formula is C79H109N9O10S2. The Kier molecular flexibility index (Phi) is 27.9. The summed E-state index contributed by atoms with van der Waals surface area (Å²) >= 11 is 3.76. The van der Waals surface area contributed by atoms with Gasteiger partial charge in [-0.2, -0.15) is 0 Å². The lowest BCUT2D eigenvalue weighted by molar-refractivity contribution is -0.134. The summed E-state index contributed by atoms with van der Waals surface area (Å²) in [6, 6.07) is 21.7. The summed E-state index contributed by atoms with van der Waals surface area (Å²) in [5.41, 5.74) is 9.46. The first-order valence-electron chi connectivity index (χ1n) is 37.0. The Bertz CT molecular complexity index is 3630. The van der Waals surface area contributed by atoms with Crippen LogP contribution in [0.25, 0.3) is 32.9 Å². The molecule has 19 nitrogen and oxygen atoms in total. The molecule has 0 spiro atoms. The van der Waals surface area contributed by atoms with Gasteiger partial charge in [-0.25, -0.2) is 9.59 Å². The van der Waals surface area contributed by atoms with Gasteiger partial charge in [0.15, 0.2) is 16.7 Å². The number of aliphatic carboxylic acids is 2. The number of rotatable bonds is 32. The Hall–Kier alpha value is -6.69. The predicted molar refractivity (Wildman–Crippen MR) is 398 cm³/mol. The van der Waals surface area contributed by atoms with Crippen molar-refractivity contribution >= 4 is 67.5 Å². The number of fused-ring (bicyclic) bond motifs is 3. The zero-order chi connectivity index (χ0) is 69.7. The standard InChI is InChI=1S/2C27H37N3O2S.C21H31N3O2.C4H4O4/c2*1-29(2)18-24-26(31-19-21-5-6-21)10-8-23-25(28-32-27(23)24)9-7-20-11-14-30(15-12-20)16-13-22-4-3-17-33-22;1-24(2)13-18-20(25-14-16-3-4-16)8-6-17-19(23-26-21(17)18)7-5-15-9-11-22-12-10-15;5-3(6)1-2-4(7)8/h2*3-4,8,10,17,20-21H,5-7,9,11-16,18-19H2,1-2H3;6,8,15-16,22H,3-5,7,9-14H2,1-2H3;1-2H,(H,5,6)(H,7,8)/b;;;2-1+. The fourth-order valence-electron chi connectivity index (χ4n) is 13.9. The predicted octanol–water partition coefficient (Wildman–Crippen LogP) is 14.6. The van der Waals surface area contributed by atoms with Crippen molar-refractivity contribution in [1.82, 2.24) is 45.3 Å². The lowest BCUT2D eigenvalue weighted by Gasteiger charge is -2.31. The van der Waals surface area contributed by atoms with Crippen LogP contribution in [0, 0.1) is 35.5 Å². The molecule has 0 radical (unpaired) electrons. The molecule has 3 saturated heterocycles. The van der Waals surface area contributed by atoms with Crippen molar-refractivity contribution < 1.29 is 47.6 Å². The maximum absolute atomic E-state index is 9.55. The summed E-state index contributed by atoms with van der Waals surface area (Å²) in [5, 5.41) is 40.4. The van der Waals surface area contributed by atoms with Gasteiger partial charge in [0.1, 0.15) is 17.2 Å². The van der Waals surface area contributed by atoms with Gasteiger partial charge in [0.25, 0.3) is 0 Å². The Labute approximate surface area is 599 Å². The number of hydrogen-bond acceptors (Lipinski definition) is 19. The van der Waals surface area contributed by atoms with Gasteiger partial charge in [-0.3, -0.25) is 0 Å². The minimum Gasteiger partial charge on any atom is -0.493 e. The van der Waals surface area contributed by atoms with E-state index in [1.165, 1.54) is 169 Å². The van der Waals surface area contributed by atoms with E-state index >= 15 is 0 Å². The van der Waals surface area contributed by atoms with E-state index in [4.69, 9.17) is 38.0 Å². The second-order valence-electron chi connectivity index (χ2n) is 29.7. The molecule has 3 aliphatic carbocycles. The van der Waals surface area contributed by atoms with E-state index in [2.05, 4.69) is 159 Å². The number of likely N-dealkylation sites (tertiary alicyclic amines) is 2. The van der Waals surface area contributed by atoms with Crippen LogP contribution in [0.15, 0.2) is 97.1 Å². The number of thiophene rings is 2. The fraction of sp³-hybridized carbons (Fsp3) is 0.582. The first kappa shape index (κ1) is 74.5. The molecule has 542 valence electrons. The number of nitrogens with one attached hydrogen (secondary N) is 1. The van der Waals surface area contributed by atoms with Crippen LogP contribution in [0.4, 0.5) is 0 Å². The molecule has 0 bridgehead atoms. The Morgan fingerprint density at radius 2 is 0.800 bits per heavy atom. The second-order valence-corrected chi connectivity index (χ2v) is 31.7. The third-order valence-corrected chi connectivity index (χ3v) is 22.3. The molecule has 3 aliphatic heterocycles. The molecule has 3 aromatic carbocycles. The van der Waals surface area contributed by atoms with Crippen LogP contribution in [-0.2, 0) is 61.3 Å². The highest BCUT2D eigenvalue weighted by atomic mass is 32.1. The van der Waals surface area contributed by atoms with Crippen LogP contribution in [-0.4, -0.2) is 177 Å². The Morgan fingerprint density at radius 3 is 1.09 bits per heavy atom. The molecular weight excluding hydrogens is 1300 g/mol. The van der Waals surface area contributed by atoms with E-state index < -0.39 is 11.9 Å². The van der Waals surface area contributed by atoms with Crippen LogP contribution >= 0.6 is 22.7 Å². The number of aromatic nitrogens is 3. The number of carboxylic acid groups (broad SMARTS) is 2. The molecule has 8 aromatic rings. The molecule has 5 aromatic heterocycles. The van der Waals surface area contributed by atoms with Gasteiger partial charge in [-0.15, -0.1) is 22.7 Å². The largest absolute Gasteiger partial charge is 0.493 e. The Morgan fingerprint density at radius 1 is 0.470 bits per heavy atom. The van der Waals surface area contributed by atoms with E-state index in [1.807, 2.05) is 22.7 Å². The Balaban J connectivity index is 0.000000144. The van der Waals surface area contributed by atoms with Crippen molar-refractivity contribution in [1.29, 1.82) is 0 Å². The van der Waals surface area contributed by atoms with Crippen LogP contribution in [0.5, 0.6) is 17.2 Å². The summed E-state index contributed by atoms with van der Waals surface area (Å²) in [5.74, 6) is 4.97. The van der Waals surface area contributed by atoms with Gasteiger partial charge in [0.2, 0.25) is 0 Å². The first-order chi connectivity index (χ1) is 48.6. The highest BCUT2D eigenvalue weighted by molar-refractivity contribution is 7.10. The van der Waals surface area contributed by atoms with E-state index in [9.17, 15) is 9.59 Å². The average Bonchev–Trinajstić information content (AvgIpc) is 1.63. The van der Waals surface area contributed by atoms with Gasteiger partial charge in [-0.05, 0) is 305 Å². The highest BCUT2D eigenvalue weighted by Gasteiger charge is 2.29. The van der Waals surface area contributed by atoms with Crippen LogP contribution in [0.2, 0.25) is 0 Å². The number of aryl methyl sites for hydroxylation is 3. The van der Waals surface area contributed by atoms with Crippen LogP contribution < -0.4 is 19.5 Å². The van der Waals surface area contributed by atoms with Gasteiger partial charge >= 0.3 is 11.9 Å². The quantitative estimate of drug-likeness (QED) is 0.0335. The summed E-state index contributed by atoms with van der Waals surface area (Å²) in [4.78, 5) is 33.9. The van der Waals surface area contributed by atoms with Crippen molar-refractivity contribution in [3.63, 3.8) is 0 Å². The first-order valence-corrected chi connectivity index (χ1v) is 38.8. The van der Waals surface area contributed by atoms with Crippen LogP contribution in [0.1, 0.15) is 140 Å². The van der Waals surface area contributed by atoms with Gasteiger partial charge in [-0.1, -0.05) is 27.6 Å². The van der Waals surface area contributed by atoms with E-state index in [0.717, 1.165) is 180 Å². The number of nitrogens with zero attached hydrogens (tertiary/aromatic N) is 8. The molecule has 14 rings (SSSR count). The molecule has 0 amide bonds.